The third kappa shape index (κ3) is 4.78. The van der Waals surface area contributed by atoms with Crippen molar-refractivity contribution in [2.24, 2.45) is 5.73 Å². The van der Waals surface area contributed by atoms with Gasteiger partial charge in [0.1, 0.15) is 16.9 Å². The number of hydrogen-bond acceptors (Lipinski definition) is 7. The predicted octanol–water partition coefficient (Wildman–Crippen LogP) is 2.41. The molecule has 1 aromatic heterocycles. The maximum Gasteiger partial charge on any atom is 0.421 e. The summed E-state index contributed by atoms with van der Waals surface area (Å²) < 4.78 is 39.8. The van der Waals surface area contributed by atoms with E-state index in [0.717, 1.165) is 30.2 Å². The summed E-state index contributed by atoms with van der Waals surface area (Å²) in [6.07, 6.45) is -1.54. The molecule has 1 aliphatic carbocycles. The molecule has 2 aromatic rings. The van der Waals surface area contributed by atoms with E-state index in [1.807, 2.05) is 12.1 Å². The fourth-order valence-electron chi connectivity index (χ4n) is 3.54. The van der Waals surface area contributed by atoms with Crippen molar-refractivity contribution >= 4 is 23.4 Å². The van der Waals surface area contributed by atoms with Gasteiger partial charge in [-0.05, 0) is 49.4 Å². The number of carbonyl (C=O) groups excluding carboxylic acids is 1. The molecule has 2 heterocycles. The number of benzene rings is 1. The second-order valence-corrected chi connectivity index (χ2v) is 8.53. The van der Waals surface area contributed by atoms with Gasteiger partial charge in [-0.2, -0.15) is 18.2 Å². The summed E-state index contributed by atoms with van der Waals surface area (Å²) in [6.45, 7) is 1.87. The molecule has 11 heteroatoms. The Morgan fingerprint density at radius 2 is 2.06 bits per heavy atom. The number of aliphatic hydroxyl groups excluding tert-OH is 1. The number of fused-ring (bicyclic) bond motifs is 1. The normalized spacial score (nSPS) is 18.0. The van der Waals surface area contributed by atoms with Crippen LogP contribution in [-0.4, -0.2) is 50.6 Å². The number of amides is 1. The highest BCUT2D eigenvalue weighted by Crippen LogP contribution is 2.36. The number of hydrogen-bond donors (Lipinski definition) is 4. The van der Waals surface area contributed by atoms with Crippen LogP contribution in [0.25, 0.3) is 0 Å². The maximum atomic E-state index is 13.3. The van der Waals surface area contributed by atoms with Crippen LogP contribution in [-0.2, 0) is 23.9 Å². The Kier molecular flexibility index (Phi) is 5.72. The fourth-order valence-corrected chi connectivity index (χ4v) is 3.54. The van der Waals surface area contributed by atoms with Gasteiger partial charge in [-0.15, -0.1) is 0 Å². The molecular weight excluding hydrogens is 425 g/mol. The topological polar surface area (TPSA) is 116 Å². The first-order valence-electron chi connectivity index (χ1n) is 10.4. The zero-order valence-corrected chi connectivity index (χ0v) is 17.5. The minimum Gasteiger partial charge on any atom is -0.394 e. The molecule has 1 amide bonds. The maximum absolute atomic E-state index is 13.3. The molecule has 172 valence electrons. The van der Waals surface area contributed by atoms with Crippen LogP contribution in [0.3, 0.4) is 0 Å². The number of rotatable bonds is 6. The third-order valence-corrected chi connectivity index (χ3v) is 5.59. The van der Waals surface area contributed by atoms with Gasteiger partial charge in [-0.3, -0.25) is 4.79 Å². The third-order valence-electron chi connectivity index (χ3n) is 5.59. The first kappa shape index (κ1) is 22.3. The minimum absolute atomic E-state index is 0.00876. The van der Waals surface area contributed by atoms with Crippen molar-refractivity contribution in [1.82, 2.24) is 14.9 Å². The lowest BCUT2D eigenvalue weighted by atomic mass is 9.96. The standard InChI is InChI=1S/C21H25F3N6O2/c1-20(25,11-31)18(32)30-7-6-12-8-15(3-2-13(12)10-30)28-19-26-9-16(21(22,23)24)17(29-19)27-14-4-5-14/h2-3,8-9,14,31H,4-7,10-11,25H2,1H3,(H2,26,27,28,29)/t20-/m0/s1. The van der Waals surface area contributed by atoms with Crippen molar-refractivity contribution in [2.75, 3.05) is 23.8 Å². The van der Waals surface area contributed by atoms with Gasteiger partial charge in [0, 0.05) is 31.0 Å². The number of nitrogens with two attached hydrogens (primary N) is 1. The number of halogens is 3. The van der Waals surface area contributed by atoms with E-state index in [-0.39, 0.29) is 23.7 Å². The van der Waals surface area contributed by atoms with E-state index in [1.165, 1.54) is 6.92 Å². The second kappa shape index (κ2) is 8.21. The molecule has 1 atom stereocenters. The predicted molar refractivity (Wildman–Crippen MR) is 112 cm³/mol. The second-order valence-electron chi connectivity index (χ2n) is 8.53. The molecule has 5 N–H and O–H groups in total. The van der Waals surface area contributed by atoms with Crippen molar-refractivity contribution in [3.8, 4) is 0 Å². The molecule has 1 aromatic carbocycles. The van der Waals surface area contributed by atoms with Gasteiger partial charge in [-0.1, -0.05) is 6.07 Å². The SMILES string of the molecule is C[C@](N)(CO)C(=O)N1CCc2cc(Nc3ncc(C(F)(F)F)c(NC4CC4)n3)ccc2C1. The molecule has 32 heavy (non-hydrogen) atoms. The molecule has 0 unspecified atom stereocenters. The Balaban J connectivity index is 1.50. The van der Waals surface area contributed by atoms with E-state index < -0.39 is 23.9 Å². The lowest BCUT2D eigenvalue weighted by molar-refractivity contribution is -0.139. The summed E-state index contributed by atoms with van der Waals surface area (Å²) in [5, 5.41) is 15.1. The molecule has 0 bridgehead atoms. The summed E-state index contributed by atoms with van der Waals surface area (Å²) >= 11 is 0. The van der Waals surface area contributed by atoms with Crippen molar-refractivity contribution in [3.63, 3.8) is 0 Å². The Morgan fingerprint density at radius 3 is 2.72 bits per heavy atom. The fraction of sp³-hybridized carbons (Fsp3) is 0.476. The average Bonchev–Trinajstić information content (AvgIpc) is 3.56. The van der Waals surface area contributed by atoms with Crippen LogP contribution in [0.4, 0.5) is 30.6 Å². The van der Waals surface area contributed by atoms with Crippen LogP contribution < -0.4 is 16.4 Å². The molecular formula is C21H25F3N6O2. The van der Waals surface area contributed by atoms with Gasteiger partial charge in [0.15, 0.2) is 0 Å². The van der Waals surface area contributed by atoms with Crippen LogP contribution in [0.1, 0.15) is 36.5 Å². The highest BCUT2D eigenvalue weighted by molar-refractivity contribution is 5.86. The molecule has 1 saturated carbocycles. The van der Waals surface area contributed by atoms with Crippen LogP contribution in [0, 0.1) is 0 Å². The summed E-state index contributed by atoms with van der Waals surface area (Å²) in [5.41, 5.74) is 6.23. The molecule has 1 aliphatic heterocycles. The smallest absolute Gasteiger partial charge is 0.394 e. The lowest BCUT2D eigenvalue weighted by Crippen LogP contribution is -2.56. The van der Waals surface area contributed by atoms with E-state index in [4.69, 9.17) is 5.73 Å². The summed E-state index contributed by atoms with van der Waals surface area (Å²) in [7, 11) is 0. The first-order valence-corrected chi connectivity index (χ1v) is 10.4. The number of alkyl halides is 3. The lowest BCUT2D eigenvalue weighted by Gasteiger charge is -2.34. The first-order chi connectivity index (χ1) is 15.1. The van der Waals surface area contributed by atoms with Crippen molar-refractivity contribution in [1.29, 1.82) is 0 Å². The van der Waals surface area contributed by atoms with E-state index in [1.54, 1.807) is 11.0 Å². The molecule has 0 saturated heterocycles. The number of aliphatic hydroxyl groups is 1. The summed E-state index contributed by atoms with van der Waals surface area (Å²) in [5.74, 6) is -0.476. The largest absolute Gasteiger partial charge is 0.421 e. The zero-order valence-electron chi connectivity index (χ0n) is 17.5. The van der Waals surface area contributed by atoms with Crippen LogP contribution in [0.15, 0.2) is 24.4 Å². The highest BCUT2D eigenvalue weighted by atomic mass is 19.4. The molecule has 2 aliphatic rings. The Bertz CT molecular complexity index is 1020. The molecule has 8 nitrogen and oxygen atoms in total. The monoisotopic (exact) mass is 450 g/mol. The number of nitrogens with zero attached hydrogens (tertiary/aromatic N) is 3. The van der Waals surface area contributed by atoms with Gasteiger partial charge in [0.25, 0.3) is 0 Å². The van der Waals surface area contributed by atoms with Crippen molar-refractivity contribution < 1.29 is 23.1 Å². The van der Waals surface area contributed by atoms with Crippen molar-refractivity contribution in [3.05, 3.63) is 41.1 Å². The van der Waals surface area contributed by atoms with Gasteiger partial charge >= 0.3 is 6.18 Å². The van der Waals surface area contributed by atoms with Gasteiger partial charge in [-0.25, -0.2) is 4.98 Å². The number of aromatic nitrogens is 2. The van der Waals surface area contributed by atoms with Crippen LogP contribution >= 0.6 is 0 Å². The van der Waals surface area contributed by atoms with Crippen LogP contribution in [0.2, 0.25) is 0 Å². The minimum atomic E-state index is -4.54. The van der Waals surface area contributed by atoms with Crippen LogP contribution in [0.5, 0.6) is 0 Å². The summed E-state index contributed by atoms with van der Waals surface area (Å²) in [6, 6.07) is 5.49. The number of anilines is 3. The highest BCUT2D eigenvalue weighted by Gasteiger charge is 2.37. The number of carbonyl (C=O) groups is 1. The molecule has 1 fully saturated rings. The quantitative estimate of drug-likeness (QED) is 0.534. The zero-order chi connectivity index (χ0) is 23.1. The Labute approximate surface area is 183 Å². The van der Waals surface area contributed by atoms with E-state index >= 15 is 0 Å². The van der Waals surface area contributed by atoms with E-state index in [9.17, 15) is 23.1 Å². The Hall–Kier alpha value is -2.92. The molecule has 4 rings (SSSR count). The van der Waals surface area contributed by atoms with Gasteiger partial charge in [0.2, 0.25) is 11.9 Å². The Morgan fingerprint density at radius 1 is 1.31 bits per heavy atom. The van der Waals surface area contributed by atoms with Gasteiger partial charge < -0.3 is 26.4 Å². The summed E-state index contributed by atoms with van der Waals surface area (Å²) in [4.78, 5) is 22.0. The molecule has 0 spiro atoms. The van der Waals surface area contributed by atoms with E-state index in [2.05, 4.69) is 20.6 Å². The van der Waals surface area contributed by atoms with E-state index in [0.29, 0.717) is 25.2 Å². The van der Waals surface area contributed by atoms with Crippen molar-refractivity contribution in [2.45, 2.75) is 50.5 Å². The number of nitrogens with one attached hydrogen (secondary N) is 2. The average molecular weight is 450 g/mol. The molecule has 0 radical (unpaired) electrons. The van der Waals surface area contributed by atoms with Gasteiger partial charge in [0.05, 0.1) is 6.61 Å².